The van der Waals surface area contributed by atoms with Crippen molar-refractivity contribution in [1.29, 1.82) is 0 Å². The van der Waals surface area contributed by atoms with Crippen molar-refractivity contribution in [3.63, 3.8) is 0 Å². The fraction of sp³-hybridized carbons (Fsp3) is 0.667. The summed E-state index contributed by atoms with van der Waals surface area (Å²) in [4.78, 5) is 13.3. The van der Waals surface area contributed by atoms with Crippen molar-refractivity contribution in [3.8, 4) is 0 Å². The van der Waals surface area contributed by atoms with E-state index in [-0.39, 0.29) is 5.97 Å². The molecule has 0 aliphatic carbocycles. The monoisotopic (exact) mass is 255 g/mol. The molecular formula is C12H21N3O3. The summed E-state index contributed by atoms with van der Waals surface area (Å²) < 4.78 is 11.5. The Morgan fingerprint density at radius 3 is 2.78 bits per heavy atom. The van der Waals surface area contributed by atoms with Crippen molar-refractivity contribution in [3.05, 3.63) is 18.0 Å². The van der Waals surface area contributed by atoms with Gasteiger partial charge in [-0.05, 0) is 0 Å². The van der Waals surface area contributed by atoms with Gasteiger partial charge in [0.1, 0.15) is 0 Å². The maximum atomic E-state index is 11.2. The molecule has 6 nitrogen and oxygen atoms in total. The van der Waals surface area contributed by atoms with Gasteiger partial charge in [-0.25, -0.2) is 0 Å². The third kappa shape index (κ3) is 5.29. The van der Waals surface area contributed by atoms with Crippen LogP contribution in [0, 0.1) is 0 Å². The summed E-state index contributed by atoms with van der Waals surface area (Å²) in [7, 11) is 4.96. The SMILES string of the molecule is COCCN(CCC(=O)OC)Cc1cnn(C)c1. The molecule has 0 aliphatic heterocycles. The third-order valence-corrected chi connectivity index (χ3v) is 2.64. The molecule has 18 heavy (non-hydrogen) atoms. The first kappa shape index (κ1) is 14.7. The summed E-state index contributed by atoms with van der Waals surface area (Å²) in [6, 6.07) is 0. The first-order valence-corrected chi connectivity index (χ1v) is 5.91. The number of carbonyl (C=O) groups excluding carboxylic acids is 1. The number of nitrogens with zero attached hydrogens (tertiary/aromatic N) is 3. The van der Waals surface area contributed by atoms with E-state index in [1.165, 1.54) is 7.11 Å². The van der Waals surface area contributed by atoms with Crippen molar-refractivity contribution in [2.45, 2.75) is 13.0 Å². The molecule has 0 amide bonds. The highest BCUT2D eigenvalue weighted by Gasteiger charge is 2.10. The van der Waals surface area contributed by atoms with Crippen molar-refractivity contribution in [1.82, 2.24) is 14.7 Å². The number of carbonyl (C=O) groups is 1. The van der Waals surface area contributed by atoms with Gasteiger partial charge in [0.15, 0.2) is 0 Å². The van der Waals surface area contributed by atoms with E-state index in [2.05, 4.69) is 14.7 Å². The molecule has 0 bridgehead atoms. The zero-order chi connectivity index (χ0) is 13.4. The summed E-state index contributed by atoms with van der Waals surface area (Å²) in [6.07, 6.45) is 4.19. The quantitative estimate of drug-likeness (QED) is 0.631. The predicted octanol–water partition coefficient (Wildman–Crippen LogP) is 0.432. The Kier molecular flexibility index (Phi) is 6.38. The topological polar surface area (TPSA) is 56.6 Å². The molecule has 0 aliphatic rings. The van der Waals surface area contributed by atoms with E-state index in [9.17, 15) is 4.79 Å². The zero-order valence-corrected chi connectivity index (χ0v) is 11.3. The van der Waals surface area contributed by atoms with Crippen LogP contribution in [0.1, 0.15) is 12.0 Å². The molecule has 0 atom stereocenters. The lowest BCUT2D eigenvalue weighted by molar-refractivity contribution is -0.141. The van der Waals surface area contributed by atoms with E-state index in [1.54, 1.807) is 11.8 Å². The summed E-state index contributed by atoms with van der Waals surface area (Å²) in [5.74, 6) is -0.191. The zero-order valence-electron chi connectivity index (χ0n) is 11.3. The van der Waals surface area contributed by atoms with Crippen LogP contribution in [-0.2, 0) is 27.9 Å². The van der Waals surface area contributed by atoms with Crippen LogP contribution in [-0.4, -0.2) is 54.6 Å². The Labute approximate surface area is 107 Å². The summed E-state index contributed by atoms with van der Waals surface area (Å²) in [6.45, 7) is 2.84. The third-order valence-electron chi connectivity index (χ3n) is 2.64. The molecule has 0 fully saturated rings. The van der Waals surface area contributed by atoms with Crippen LogP contribution in [0.2, 0.25) is 0 Å². The van der Waals surface area contributed by atoms with Crippen LogP contribution in [0.15, 0.2) is 12.4 Å². The minimum absolute atomic E-state index is 0.191. The fourth-order valence-electron chi connectivity index (χ4n) is 1.65. The second-order valence-electron chi connectivity index (χ2n) is 4.12. The summed E-state index contributed by atoms with van der Waals surface area (Å²) in [5, 5.41) is 4.13. The lowest BCUT2D eigenvalue weighted by Gasteiger charge is -2.20. The Morgan fingerprint density at radius 2 is 2.22 bits per heavy atom. The van der Waals surface area contributed by atoms with Crippen molar-refractivity contribution in [2.75, 3.05) is 33.9 Å². The minimum Gasteiger partial charge on any atom is -0.469 e. The maximum absolute atomic E-state index is 11.2. The molecule has 0 saturated carbocycles. The van der Waals surface area contributed by atoms with E-state index in [1.807, 2.05) is 19.4 Å². The first-order chi connectivity index (χ1) is 8.65. The Bertz CT molecular complexity index is 365. The first-order valence-electron chi connectivity index (χ1n) is 5.91. The van der Waals surface area contributed by atoms with Gasteiger partial charge >= 0.3 is 5.97 Å². The Hall–Kier alpha value is -1.40. The predicted molar refractivity (Wildman–Crippen MR) is 67.0 cm³/mol. The second kappa shape index (κ2) is 7.84. The smallest absolute Gasteiger partial charge is 0.306 e. The number of hydrogen-bond donors (Lipinski definition) is 0. The highest BCUT2D eigenvalue weighted by atomic mass is 16.5. The van der Waals surface area contributed by atoms with Gasteiger partial charge in [-0.15, -0.1) is 0 Å². The normalized spacial score (nSPS) is 10.9. The van der Waals surface area contributed by atoms with Crippen LogP contribution in [0.25, 0.3) is 0 Å². The lowest BCUT2D eigenvalue weighted by atomic mass is 10.3. The average Bonchev–Trinajstić information content (AvgIpc) is 2.77. The van der Waals surface area contributed by atoms with E-state index in [0.717, 1.165) is 18.7 Å². The molecular weight excluding hydrogens is 234 g/mol. The van der Waals surface area contributed by atoms with Gasteiger partial charge in [-0.1, -0.05) is 0 Å². The average molecular weight is 255 g/mol. The number of ether oxygens (including phenoxy) is 2. The molecule has 0 N–H and O–H groups in total. The van der Waals surface area contributed by atoms with Gasteiger partial charge in [0, 0.05) is 45.6 Å². The Balaban J connectivity index is 2.46. The molecule has 1 heterocycles. The largest absolute Gasteiger partial charge is 0.469 e. The number of hydrogen-bond acceptors (Lipinski definition) is 5. The number of esters is 1. The van der Waals surface area contributed by atoms with Gasteiger partial charge < -0.3 is 9.47 Å². The van der Waals surface area contributed by atoms with E-state index < -0.39 is 0 Å². The van der Waals surface area contributed by atoms with Crippen molar-refractivity contribution < 1.29 is 14.3 Å². The number of aryl methyl sites for hydroxylation is 1. The summed E-state index contributed by atoms with van der Waals surface area (Å²) >= 11 is 0. The fourth-order valence-corrected chi connectivity index (χ4v) is 1.65. The summed E-state index contributed by atoms with van der Waals surface area (Å²) in [5.41, 5.74) is 1.12. The van der Waals surface area contributed by atoms with Crippen LogP contribution < -0.4 is 0 Å². The van der Waals surface area contributed by atoms with Gasteiger partial charge in [0.2, 0.25) is 0 Å². The van der Waals surface area contributed by atoms with Gasteiger partial charge in [-0.2, -0.15) is 5.10 Å². The standard InChI is InChI=1S/C12H21N3O3/c1-14-9-11(8-13-14)10-15(6-7-17-2)5-4-12(16)18-3/h8-9H,4-7,10H2,1-3H3. The Morgan fingerprint density at radius 1 is 1.44 bits per heavy atom. The lowest BCUT2D eigenvalue weighted by Crippen LogP contribution is -2.29. The van der Waals surface area contributed by atoms with Crippen LogP contribution >= 0.6 is 0 Å². The number of aromatic nitrogens is 2. The molecule has 0 unspecified atom stereocenters. The highest BCUT2D eigenvalue weighted by molar-refractivity contribution is 5.69. The van der Waals surface area contributed by atoms with Gasteiger partial charge in [0.25, 0.3) is 0 Å². The molecule has 1 rings (SSSR count). The van der Waals surface area contributed by atoms with Gasteiger partial charge in [-0.3, -0.25) is 14.4 Å². The highest BCUT2D eigenvalue weighted by Crippen LogP contribution is 2.04. The van der Waals surface area contributed by atoms with Crippen LogP contribution in [0.3, 0.4) is 0 Å². The molecule has 1 aromatic rings. The molecule has 0 spiro atoms. The molecule has 102 valence electrons. The maximum Gasteiger partial charge on any atom is 0.306 e. The molecule has 6 heteroatoms. The van der Waals surface area contributed by atoms with E-state index in [4.69, 9.17) is 4.74 Å². The molecule has 0 saturated heterocycles. The van der Waals surface area contributed by atoms with E-state index in [0.29, 0.717) is 19.6 Å². The van der Waals surface area contributed by atoms with Crippen LogP contribution in [0.5, 0.6) is 0 Å². The van der Waals surface area contributed by atoms with Crippen LogP contribution in [0.4, 0.5) is 0 Å². The molecule has 1 aromatic heterocycles. The molecule has 0 aromatic carbocycles. The number of methoxy groups -OCH3 is 2. The second-order valence-corrected chi connectivity index (χ2v) is 4.12. The molecule has 0 radical (unpaired) electrons. The van der Waals surface area contributed by atoms with Crippen molar-refractivity contribution >= 4 is 5.97 Å². The van der Waals surface area contributed by atoms with Crippen molar-refractivity contribution in [2.24, 2.45) is 7.05 Å². The van der Waals surface area contributed by atoms with E-state index >= 15 is 0 Å². The van der Waals surface area contributed by atoms with Gasteiger partial charge in [0.05, 0.1) is 26.3 Å². The minimum atomic E-state index is -0.191. The number of rotatable bonds is 8.